The lowest BCUT2D eigenvalue weighted by Crippen LogP contribution is -2.49. The first-order valence-electron chi connectivity index (χ1n) is 8.94. The summed E-state index contributed by atoms with van der Waals surface area (Å²) in [5.74, 6) is 1.93. The van der Waals surface area contributed by atoms with E-state index in [1.165, 1.54) is 6.92 Å². The van der Waals surface area contributed by atoms with E-state index < -0.39 is 0 Å². The number of aromatic amines is 1. The van der Waals surface area contributed by atoms with E-state index in [0.717, 1.165) is 30.4 Å². The molecule has 3 heterocycles. The van der Waals surface area contributed by atoms with Crippen LogP contribution in [0.2, 0.25) is 0 Å². The second-order valence-electron chi connectivity index (χ2n) is 7.02. The highest BCUT2D eigenvalue weighted by atomic mass is 16.2. The predicted octanol–water partition coefficient (Wildman–Crippen LogP) is 2.40. The van der Waals surface area contributed by atoms with Gasteiger partial charge in [-0.2, -0.15) is 0 Å². The molecule has 3 rings (SSSR count). The molecule has 7 heteroatoms. The SMILES string of the molecule is CC(=O)c1c[nH]c(C(=O)N2CCN(c3cc(C)nc(C(C)C)n3)CC2)c1. The number of Topliss-reactive ketones (excluding diaryl/α,β-unsaturated/α-hetero) is 1. The van der Waals surface area contributed by atoms with Crippen LogP contribution in [0.25, 0.3) is 0 Å². The van der Waals surface area contributed by atoms with E-state index in [2.05, 4.69) is 33.7 Å². The van der Waals surface area contributed by atoms with Crippen molar-refractivity contribution in [1.82, 2.24) is 19.9 Å². The summed E-state index contributed by atoms with van der Waals surface area (Å²) in [5.41, 5.74) is 1.95. The van der Waals surface area contributed by atoms with E-state index in [0.29, 0.717) is 24.3 Å². The summed E-state index contributed by atoms with van der Waals surface area (Å²) < 4.78 is 0. The van der Waals surface area contributed by atoms with E-state index in [4.69, 9.17) is 0 Å². The Hall–Kier alpha value is -2.70. The Balaban J connectivity index is 1.67. The minimum absolute atomic E-state index is 0.0507. The lowest BCUT2D eigenvalue weighted by atomic mass is 10.2. The summed E-state index contributed by atoms with van der Waals surface area (Å²) in [4.78, 5) is 40.1. The Morgan fingerprint density at radius 2 is 1.81 bits per heavy atom. The first-order chi connectivity index (χ1) is 12.3. The molecule has 0 atom stereocenters. The fraction of sp³-hybridized carbons (Fsp3) is 0.474. The topological polar surface area (TPSA) is 82.2 Å². The van der Waals surface area contributed by atoms with Gasteiger partial charge >= 0.3 is 0 Å². The number of rotatable bonds is 4. The number of amides is 1. The Bertz CT molecular complexity index is 819. The van der Waals surface area contributed by atoms with Crippen LogP contribution in [0, 0.1) is 6.92 Å². The van der Waals surface area contributed by atoms with Crippen LogP contribution in [0.4, 0.5) is 5.82 Å². The first kappa shape index (κ1) is 18.1. The second kappa shape index (κ2) is 7.27. The Morgan fingerprint density at radius 3 is 2.38 bits per heavy atom. The Morgan fingerprint density at radius 1 is 1.12 bits per heavy atom. The molecule has 0 radical (unpaired) electrons. The largest absolute Gasteiger partial charge is 0.356 e. The van der Waals surface area contributed by atoms with E-state index in [9.17, 15) is 9.59 Å². The second-order valence-corrected chi connectivity index (χ2v) is 7.02. The van der Waals surface area contributed by atoms with Crippen LogP contribution in [0.3, 0.4) is 0 Å². The number of hydrogen-bond donors (Lipinski definition) is 1. The van der Waals surface area contributed by atoms with Gasteiger partial charge < -0.3 is 14.8 Å². The minimum atomic E-state index is -0.0705. The summed E-state index contributed by atoms with van der Waals surface area (Å²) in [7, 11) is 0. The van der Waals surface area contributed by atoms with Crippen molar-refractivity contribution in [2.24, 2.45) is 0 Å². The highest BCUT2D eigenvalue weighted by Crippen LogP contribution is 2.19. The summed E-state index contributed by atoms with van der Waals surface area (Å²) in [5, 5.41) is 0. The van der Waals surface area contributed by atoms with Gasteiger partial charge in [0.1, 0.15) is 17.3 Å². The van der Waals surface area contributed by atoms with Crippen molar-refractivity contribution in [3.63, 3.8) is 0 Å². The van der Waals surface area contributed by atoms with Crippen LogP contribution in [0.15, 0.2) is 18.3 Å². The molecule has 1 aliphatic rings. The molecule has 2 aromatic heterocycles. The number of carbonyl (C=O) groups excluding carboxylic acids is 2. The van der Waals surface area contributed by atoms with Gasteiger partial charge in [0.05, 0.1) is 0 Å². The van der Waals surface area contributed by atoms with Crippen molar-refractivity contribution < 1.29 is 9.59 Å². The van der Waals surface area contributed by atoms with Gasteiger partial charge in [-0.3, -0.25) is 9.59 Å². The molecule has 1 saturated heterocycles. The molecule has 7 nitrogen and oxygen atoms in total. The van der Waals surface area contributed by atoms with Gasteiger partial charge in [-0.05, 0) is 19.9 Å². The number of ketones is 1. The van der Waals surface area contributed by atoms with Gasteiger partial charge in [0.25, 0.3) is 5.91 Å². The van der Waals surface area contributed by atoms with Crippen LogP contribution in [-0.2, 0) is 0 Å². The average Bonchev–Trinajstić information content (AvgIpc) is 3.11. The zero-order chi connectivity index (χ0) is 18.8. The maximum absolute atomic E-state index is 12.6. The number of aryl methyl sites for hydroxylation is 1. The van der Waals surface area contributed by atoms with Crippen LogP contribution < -0.4 is 4.90 Å². The smallest absolute Gasteiger partial charge is 0.270 e. The average molecular weight is 355 g/mol. The number of piperazine rings is 1. The van der Waals surface area contributed by atoms with E-state index in [1.54, 1.807) is 12.3 Å². The van der Waals surface area contributed by atoms with Crippen LogP contribution in [-0.4, -0.2) is 57.7 Å². The van der Waals surface area contributed by atoms with Gasteiger partial charge in [-0.1, -0.05) is 13.8 Å². The summed E-state index contributed by atoms with van der Waals surface area (Å²) in [6, 6.07) is 3.62. The highest BCUT2D eigenvalue weighted by molar-refractivity contribution is 5.99. The fourth-order valence-corrected chi connectivity index (χ4v) is 3.02. The van der Waals surface area contributed by atoms with E-state index >= 15 is 0 Å². The van der Waals surface area contributed by atoms with Crippen molar-refractivity contribution in [2.45, 2.75) is 33.6 Å². The summed E-state index contributed by atoms with van der Waals surface area (Å²) >= 11 is 0. The van der Waals surface area contributed by atoms with E-state index in [-0.39, 0.29) is 17.6 Å². The van der Waals surface area contributed by atoms with Crippen LogP contribution >= 0.6 is 0 Å². The van der Waals surface area contributed by atoms with Gasteiger partial charge in [-0.15, -0.1) is 0 Å². The standard InChI is InChI=1S/C19H25N5O2/c1-12(2)18-21-13(3)9-17(22-18)23-5-7-24(8-6-23)19(26)16-10-15(11-20-16)14(4)25/h9-12,20H,5-8H2,1-4H3. The number of H-pyrrole nitrogens is 1. The van der Waals surface area contributed by atoms with Crippen molar-refractivity contribution in [3.8, 4) is 0 Å². The molecular formula is C19H25N5O2. The van der Waals surface area contributed by atoms with E-state index in [1.807, 2.05) is 17.9 Å². The predicted molar refractivity (Wildman–Crippen MR) is 99.8 cm³/mol. The van der Waals surface area contributed by atoms with Gasteiger partial charge in [0, 0.05) is 55.6 Å². The molecule has 0 aliphatic carbocycles. The molecule has 0 saturated carbocycles. The third-order valence-electron chi connectivity index (χ3n) is 4.59. The lowest BCUT2D eigenvalue weighted by molar-refractivity contribution is 0.0741. The number of aromatic nitrogens is 3. The van der Waals surface area contributed by atoms with Crippen molar-refractivity contribution >= 4 is 17.5 Å². The molecular weight excluding hydrogens is 330 g/mol. The molecule has 138 valence electrons. The summed E-state index contributed by atoms with van der Waals surface area (Å²) in [6.45, 7) is 10.3. The number of anilines is 1. The molecule has 0 bridgehead atoms. The maximum atomic E-state index is 12.6. The van der Waals surface area contributed by atoms with Gasteiger partial charge in [0.15, 0.2) is 5.78 Å². The molecule has 1 aliphatic heterocycles. The lowest BCUT2D eigenvalue weighted by Gasteiger charge is -2.35. The highest BCUT2D eigenvalue weighted by Gasteiger charge is 2.24. The van der Waals surface area contributed by atoms with Crippen molar-refractivity contribution in [2.75, 3.05) is 31.1 Å². The number of nitrogens with zero attached hydrogens (tertiary/aromatic N) is 4. The maximum Gasteiger partial charge on any atom is 0.270 e. The Kier molecular flexibility index (Phi) is 5.06. The van der Waals surface area contributed by atoms with Crippen LogP contribution in [0.1, 0.15) is 59.1 Å². The monoisotopic (exact) mass is 355 g/mol. The summed E-state index contributed by atoms with van der Waals surface area (Å²) in [6.07, 6.45) is 1.59. The van der Waals surface area contributed by atoms with Crippen LogP contribution in [0.5, 0.6) is 0 Å². The minimum Gasteiger partial charge on any atom is -0.356 e. The molecule has 26 heavy (non-hydrogen) atoms. The zero-order valence-electron chi connectivity index (χ0n) is 15.7. The third kappa shape index (κ3) is 3.76. The van der Waals surface area contributed by atoms with Gasteiger partial charge in [-0.25, -0.2) is 9.97 Å². The molecule has 1 N–H and O–H groups in total. The third-order valence-corrected chi connectivity index (χ3v) is 4.59. The number of nitrogens with one attached hydrogen (secondary N) is 1. The van der Waals surface area contributed by atoms with Crippen molar-refractivity contribution in [1.29, 1.82) is 0 Å². The molecule has 0 aromatic carbocycles. The number of carbonyl (C=O) groups is 2. The Labute approximate surface area is 153 Å². The molecule has 0 unspecified atom stereocenters. The molecule has 1 fully saturated rings. The number of hydrogen-bond acceptors (Lipinski definition) is 5. The molecule has 2 aromatic rings. The zero-order valence-corrected chi connectivity index (χ0v) is 15.7. The quantitative estimate of drug-likeness (QED) is 0.852. The molecule has 0 spiro atoms. The van der Waals surface area contributed by atoms with Gasteiger partial charge in [0.2, 0.25) is 0 Å². The normalized spacial score (nSPS) is 14.8. The van der Waals surface area contributed by atoms with Crippen molar-refractivity contribution in [3.05, 3.63) is 41.1 Å². The molecule has 1 amide bonds. The fourth-order valence-electron chi connectivity index (χ4n) is 3.02. The first-order valence-corrected chi connectivity index (χ1v) is 8.94.